The van der Waals surface area contributed by atoms with Crippen molar-refractivity contribution in [3.8, 4) is 5.69 Å². The summed E-state index contributed by atoms with van der Waals surface area (Å²) in [5.41, 5.74) is 5.19. The van der Waals surface area contributed by atoms with E-state index < -0.39 is 0 Å². The van der Waals surface area contributed by atoms with Gasteiger partial charge < -0.3 is 14.5 Å². The topological polar surface area (TPSA) is 75.0 Å². The van der Waals surface area contributed by atoms with Gasteiger partial charge in [0.05, 0.1) is 5.41 Å². The number of aromatic amines is 1. The third-order valence-electron chi connectivity index (χ3n) is 9.99. The van der Waals surface area contributed by atoms with Crippen LogP contribution in [0, 0.1) is 11.8 Å². The molecule has 0 radical (unpaired) electrons. The van der Waals surface area contributed by atoms with E-state index in [0.29, 0.717) is 23.8 Å². The Labute approximate surface area is 242 Å². The predicted molar refractivity (Wildman–Crippen MR) is 163 cm³/mol. The van der Waals surface area contributed by atoms with Gasteiger partial charge in [-0.05, 0) is 79.8 Å². The number of nitrogens with zero attached hydrogens (tertiary/aromatic N) is 6. The first kappa shape index (κ1) is 26.7. The molecule has 1 atom stereocenters. The summed E-state index contributed by atoms with van der Waals surface area (Å²) in [6.45, 7) is 11.0. The number of hydrogen-bond acceptors (Lipinski definition) is 5. The number of pyridine rings is 1. The summed E-state index contributed by atoms with van der Waals surface area (Å²) in [6, 6.07) is 11.4. The second-order valence-electron chi connectivity index (χ2n) is 13.6. The van der Waals surface area contributed by atoms with E-state index in [-0.39, 0.29) is 11.0 Å². The molecule has 1 aromatic carbocycles. The van der Waals surface area contributed by atoms with Crippen molar-refractivity contribution in [2.24, 2.45) is 18.9 Å². The van der Waals surface area contributed by atoms with Gasteiger partial charge in [0.15, 0.2) is 0 Å². The smallest absolute Gasteiger partial charge is 0.279 e. The molecule has 8 nitrogen and oxygen atoms in total. The first-order chi connectivity index (χ1) is 19.7. The summed E-state index contributed by atoms with van der Waals surface area (Å²) in [5.74, 6) is 2.74. The third-order valence-corrected chi connectivity index (χ3v) is 9.99. The van der Waals surface area contributed by atoms with E-state index in [9.17, 15) is 4.79 Å². The molecule has 41 heavy (non-hydrogen) atoms. The molecule has 0 spiro atoms. The predicted octanol–water partition coefficient (Wildman–Crippen LogP) is 4.81. The Morgan fingerprint density at radius 2 is 1.93 bits per heavy atom. The first-order valence-electron chi connectivity index (χ1n) is 15.4. The maximum Gasteiger partial charge on any atom is 0.279 e. The first-order valence-corrected chi connectivity index (χ1v) is 15.4. The van der Waals surface area contributed by atoms with E-state index in [0.717, 1.165) is 67.1 Å². The fraction of sp³-hybridized carbons (Fsp3) is 0.545. The number of aromatic nitrogens is 5. The average molecular weight is 554 g/mol. The molecule has 8 heteroatoms. The Kier molecular flexibility index (Phi) is 6.47. The zero-order valence-corrected chi connectivity index (χ0v) is 25.1. The second kappa shape index (κ2) is 9.95. The number of H-pyrrole nitrogens is 1. The molecule has 0 amide bonds. The molecule has 1 aliphatic heterocycles. The molecule has 0 bridgehead atoms. The molecular weight excluding hydrogens is 510 g/mol. The number of aryl methyl sites for hydroxylation is 1. The number of benzene rings is 1. The van der Waals surface area contributed by atoms with E-state index in [1.165, 1.54) is 24.0 Å². The van der Waals surface area contributed by atoms with Gasteiger partial charge in [-0.1, -0.05) is 32.9 Å². The molecule has 2 aliphatic carbocycles. The van der Waals surface area contributed by atoms with Crippen LogP contribution in [0.2, 0.25) is 0 Å². The van der Waals surface area contributed by atoms with Crippen molar-refractivity contribution in [1.29, 1.82) is 0 Å². The minimum Gasteiger partial charge on any atom is -0.353 e. The fourth-order valence-corrected chi connectivity index (χ4v) is 7.68. The molecule has 3 fully saturated rings. The van der Waals surface area contributed by atoms with Crippen LogP contribution in [0.15, 0.2) is 47.7 Å². The maximum atomic E-state index is 14.1. The number of likely N-dealkylation sites (N-methyl/N-ethyl adjacent to an activating group) is 1. The van der Waals surface area contributed by atoms with Crippen LogP contribution in [0.25, 0.3) is 16.6 Å². The normalized spacial score (nSPS) is 25.7. The highest BCUT2D eigenvalue weighted by atomic mass is 16.1. The van der Waals surface area contributed by atoms with Crippen molar-refractivity contribution in [2.75, 3.05) is 26.7 Å². The highest BCUT2D eigenvalue weighted by Crippen LogP contribution is 2.51. The monoisotopic (exact) mass is 553 g/mol. The van der Waals surface area contributed by atoms with E-state index >= 15 is 0 Å². The van der Waals surface area contributed by atoms with Gasteiger partial charge in [0.25, 0.3) is 5.56 Å². The summed E-state index contributed by atoms with van der Waals surface area (Å²) >= 11 is 0. The van der Waals surface area contributed by atoms with Crippen molar-refractivity contribution in [3.05, 3.63) is 75.9 Å². The Hall–Kier alpha value is -3.23. The second-order valence-corrected chi connectivity index (χ2v) is 13.6. The van der Waals surface area contributed by atoms with Crippen LogP contribution in [0.4, 0.5) is 0 Å². The van der Waals surface area contributed by atoms with Crippen LogP contribution >= 0.6 is 0 Å². The Bertz CT molecular complexity index is 1630. The van der Waals surface area contributed by atoms with Crippen LogP contribution in [0.1, 0.15) is 75.0 Å². The molecule has 4 heterocycles. The zero-order valence-electron chi connectivity index (χ0n) is 25.1. The molecule has 4 aromatic rings. The summed E-state index contributed by atoms with van der Waals surface area (Å²) in [4.78, 5) is 22.7. The van der Waals surface area contributed by atoms with Crippen LogP contribution in [-0.4, -0.2) is 66.8 Å². The van der Waals surface area contributed by atoms with Gasteiger partial charge in [-0.2, -0.15) is 0 Å². The molecule has 3 aromatic heterocycles. The SMILES string of the molecule is CC1CC(c2cccc(-n3cc(C4CC4)c4cc(CN5CCN(C)CC5C(C)C)[nH]c4c3=O)c2)(c2nncn2C)C1. The molecule has 3 aliphatic rings. The quantitative estimate of drug-likeness (QED) is 0.356. The van der Waals surface area contributed by atoms with E-state index in [2.05, 4.69) is 89.3 Å². The van der Waals surface area contributed by atoms with Crippen LogP contribution in [0.5, 0.6) is 0 Å². The largest absolute Gasteiger partial charge is 0.353 e. The minimum atomic E-state index is -0.164. The van der Waals surface area contributed by atoms with Gasteiger partial charge in [-0.15, -0.1) is 10.2 Å². The van der Waals surface area contributed by atoms with Gasteiger partial charge in [0.2, 0.25) is 0 Å². The van der Waals surface area contributed by atoms with Crippen LogP contribution in [0.3, 0.4) is 0 Å². The lowest BCUT2D eigenvalue weighted by Crippen LogP contribution is -2.53. The van der Waals surface area contributed by atoms with Crippen LogP contribution in [-0.2, 0) is 19.0 Å². The Balaban J connectivity index is 1.28. The lowest BCUT2D eigenvalue weighted by atomic mass is 9.58. The van der Waals surface area contributed by atoms with Crippen molar-refractivity contribution < 1.29 is 0 Å². The highest BCUT2D eigenvalue weighted by Gasteiger charge is 2.48. The van der Waals surface area contributed by atoms with Crippen molar-refractivity contribution in [3.63, 3.8) is 0 Å². The van der Waals surface area contributed by atoms with E-state index in [4.69, 9.17) is 0 Å². The molecular formula is C33H43N7O. The fourth-order valence-electron chi connectivity index (χ4n) is 7.68. The number of hydrogen-bond donors (Lipinski definition) is 1. The Morgan fingerprint density at radius 3 is 2.61 bits per heavy atom. The molecule has 7 rings (SSSR count). The lowest BCUT2D eigenvalue weighted by molar-refractivity contribution is 0.0563. The number of nitrogens with one attached hydrogen (secondary N) is 1. The number of fused-ring (bicyclic) bond motifs is 1. The average Bonchev–Trinajstić information content (AvgIpc) is 3.55. The zero-order chi connectivity index (χ0) is 28.5. The molecule has 2 saturated carbocycles. The van der Waals surface area contributed by atoms with Gasteiger partial charge >= 0.3 is 0 Å². The van der Waals surface area contributed by atoms with E-state index in [1.54, 1.807) is 6.33 Å². The molecule has 216 valence electrons. The van der Waals surface area contributed by atoms with Crippen LogP contribution < -0.4 is 5.56 Å². The summed E-state index contributed by atoms with van der Waals surface area (Å²) in [5, 5.41) is 9.84. The summed E-state index contributed by atoms with van der Waals surface area (Å²) in [7, 11) is 4.24. The van der Waals surface area contributed by atoms with Gasteiger partial charge in [0, 0.05) is 62.2 Å². The van der Waals surface area contributed by atoms with Crippen molar-refractivity contribution in [2.45, 2.75) is 70.4 Å². The lowest BCUT2D eigenvalue weighted by Gasteiger charge is -2.46. The van der Waals surface area contributed by atoms with Gasteiger partial charge in [0.1, 0.15) is 17.7 Å². The van der Waals surface area contributed by atoms with Gasteiger partial charge in [-0.3, -0.25) is 14.3 Å². The van der Waals surface area contributed by atoms with Crippen molar-refractivity contribution in [1.82, 2.24) is 34.1 Å². The molecule has 1 N–H and O–H groups in total. The molecule has 1 unspecified atom stereocenters. The summed E-state index contributed by atoms with van der Waals surface area (Å²) < 4.78 is 3.94. The van der Waals surface area contributed by atoms with E-state index in [1.807, 2.05) is 16.2 Å². The standard InChI is InChI=1S/C33H43N7O/c1-21(2)29-19-37(4)11-12-39(29)17-25-14-27-28(23-9-10-23)18-40(31(41)30(27)35-25)26-8-6-7-24(13-26)33(15-22(3)16-33)32-36-34-20-38(32)5/h6-8,13-14,18,20-23,29,35H,9-12,15-17,19H2,1-5H3. The van der Waals surface area contributed by atoms with Crippen molar-refractivity contribution >= 4 is 10.9 Å². The summed E-state index contributed by atoms with van der Waals surface area (Å²) in [6.07, 6.45) is 8.37. The Morgan fingerprint density at radius 1 is 1.12 bits per heavy atom. The number of piperazine rings is 1. The minimum absolute atomic E-state index is 0.0290. The van der Waals surface area contributed by atoms with Gasteiger partial charge in [-0.25, -0.2) is 0 Å². The third kappa shape index (κ3) is 4.56. The molecule has 1 saturated heterocycles. The number of rotatable bonds is 7. The highest BCUT2D eigenvalue weighted by molar-refractivity contribution is 5.84. The maximum absolute atomic E-state index is 14.1.